The first-order chi connectivity index (χ1) is 14.2. The molecule has 2 aromatic rings. The van der Waals surface area contributed by atoms with Gasteiger partial charge in [-0.3, -0.25) is 9.59 Å². The van der Waals surface area contributed by atoms with Crippen LogP contribution in [0.2, 0.25) is 0 Å². The van der Waals surface area contributed by atoms with Crippen LogP contribution < -0.4 is 19.9 Å². The molecule has 0 spiro atoms. The van der Waals surface area contributed by atoms with Crippen molar-refractivity contribution in [2.45, 2.75) is 32.1 Å². The van der Waals surface area contributed by atoms with Crippen molar-refractivity contribution in [1.29, 1.82) is 0 Å². The van der Waals surface area contributed by atoms with E-state index in [9.17, 15) is 9.59 Å². The van der Waals surface area contributed by atoms with Gasteiger partial charge in [-0.2, -0.15) is 0 Å². The van der Waals surface area contributed by atoms with Crippen molar-refractivity contribution in [3.05, 3.63) is 48.5 Å². The minimum atomic E-state index is -0.205. The van der Waals surface area contributed by atoms with E-state index in [0.29, 0.717) is 12.2 Å². The highest BCUT2D eigenvalue weighted by Crippen LogP contribution is 2.26. The molecule has 2 aliphatic heterocycles. The standard InChI is InChI=1S/C23H27N3O3/c27-22(24-18-7-4-8-19(15-18)25-12-2-1-3-13-25)17-29-21-10-5-9-20(16-21)26-14-6-11-23(26)28/h4-5,7-10,15-16H,1-3,6,11-14,17H2,(H,24,27). The minimum absolute atomic E-state index is 0.0780. The number of piperidine rings is 1. The maximum Gasteiger partial charge on any atom is 0.262 e. The van der Waals surface area contributed by atoms with Gasteiger partial charge in [0, 0.05) is 49.2 Å². The normalized spacial score (nSPS) is 16.8. The van der Waals surface area contributed by atoms with E-state index in [-0.39, 0.29) is 18.4 Å². The predicted molar refractivity (Wildman–Crippen MR) is 115 cm³/mol. The smallest absolute Gasteiger partial charge is 0.262 e. The fourth-order valence-electron chi connectivity index (χ4n) is 3.94. The second kappa shape index (κ2) is 8.99. The number of hydrogen-bond donors (Lipinski definition) is 1. The molecular weight excluding hydrogens is 366 g/mol. The average Bonchev–Trinajstić information content (AvgIpc) is 3.19. The van der Waals surface area contributed by atoms with Gasteiger partial charge in [0.25, 0.3) is 5.91 Å². The molecule has 0 aromatic heterocycles. The van der Waals surface area contributed by atoms with Crippen molar-refractivity contribution in [3.8, 4) is 5.75 Å². The Hall–Kier alpha value is -3.02. The van der Waals surface area contributed by atoms with Crippen molar-refractivity contribution in [1.82, 2.24) is 0 Å². The Kier molecular flexibility index (Phi) is 5.98. The predicted octanol–water partition coefficient (Wildman–Crippen LogP) is 3.82. The van der Waals surface area contributed by atoms with Crippen molar-refractivity contribution in [3.63, 3.8) is 0 Å². The second-order valence-corrected chi connectivity index (χ2v) is 7.58. The number of carbonyl (C=O) groups excluding carboxylic acids is 2. The summed E-state index contributed by atoms with van der Waals surface area (Å²) in [5, 5.41) is 2.91. The topological polar surface area (TPSA) is 61.9 Å². The van der Waals surface area contributed by atoms with E-state index in [1.807, 2.05) is 36.4 Å². The Balaban J connectivity index is 1.33. The summed E-state index contributed by atoms with van der Waals surface area (Å²) in [6, 6.07) is 15.3. The quantitative estimate of drug-likeness (QED) is 0.810. The SMILES string of the molecule is O=C(COc1cccc(N2CCCC2=O)c1)Nc1cccc(N2CCCCC2)c1. The largest absolute Gasteiger partial charge is 0.484 e. The molecule has 2 aromatic carbocycles. The summed E-state index contributed by atoms with van der Waals surface area (Å²) >= 11 is 0. The van der Waals surface area contributed by atoms with Crippen LogP contribution in [0.15, 0.2) is 48.5 Å². The molecule has 152 valence electrons. The molecule has 0 bridgehead atoms. The number of ether oxygens (including phenoxy) is 1. The number of nitrogens with one attached hydrogen (secondary N) is 1. The highest BCUT2D eigenvalue weighted by atomic mass is 16.5. The molecule has 2 fully saturated rings. The molecule has 6 nitrogen and oxygen atoms in total. The first-order valence-corrected chi connectivity index (χ1v) is 10.4. The fourth-order valence-corrected chi connectivity index (χ4v) is 3.94. The Labute approximate surface area is 171 Å². The number of benzene rings is 2. The van der Waals surface area contributed by atoms with E-state index in [1.54, 1.807) is 11.0 Å². The molecule has 0 unspecified atom stereocenters. The summed E-state index contributed by atoms with van der Waals surface area (Å²) in [6.45, 7) is 2.79. The van der Waals surface area contributed by atoms with E-state index < -0.39 is 0 Å². The van der Waals surface area contributed by atoms with Gasteiger partial charge in [0.05, 0.1) is 0 Å². The number of carbonyl (C=O) groups is 2. The molecule has 0 saturated carbocycles. The molecule has 4 rings (SSSR count). The van der Waals surface area contributed by atoms with Crippen LogP contribution in [0.25, 0.3) is 0 Å². The summed E-state index contributed by atoms with van der Waals surface area (Å²) in [6.07, 6.45) is 5.18. The highest BCUT2D eigenvalue weighted by molar-refractivity contribution is 5.95. The van der Waals surface area contributed by atoms with Gasteiger partial charge in [0.1, 0.15) is 5.75 Å². The molecule has 2 heterocycles. The zero-order valence-corrected chi connectivity index (χ0v) is 16.6. The fraction of sp³-hybridized carbons (Fsp3) is 0.391. The van der Waals surface area contributed by atoms with Crippen molar-refractivity contribution >= 4 is 28.9 Å². The number of rotatable bonds is 6. The van der Waals surface area contributed by atoms with Gasteiger partial charge < -0.3 is 19.9 Å². The Morgan fingerprint density at radius 3 is 2.52 bits per heavy atom. The van der Waals surface area contributed by atoms with E-state index >= 15 is 0 Å². The van der Waals surface area contributed by atoms with Crippen molar-refractivity contribution in [2.24, 2.45) is 0 Å². The third kappa shape index (κ3) is 4.88. The third-order valence-corrected chi connectivity index (χ3v) is 5.42. The summed E-state index contributed by atoms with van der Waals surface area (Å²) in [5.41, 5.74) is 2.74. The van der Waals surface area contributed by atoms with Gasteiger partial charge >= 0.3 is 0 Å². The van der Waals surface area contributed by atoms with E-state index in [2.05, 4.69) is 16.3 Å². The second-order valence-electron chi connectivity index (χ2n) is 7.58. The lowest BCUT2D eigenvalue weighted by Crippen LogP contribution is -2.29. The van der Waals surface area contributed by atoms with Crippen LogP contribution >= 0.6 is 0 Å². The van der Waals surface area contributed by atoms with Crippen LogP contribution in [0, 0.1) is 0 Å². The van der Waals surface area contributed by atoms with Gasteiger partial charge in [0.15, 0.2) is 6.61 Å². The molecule has 1 N–H and O–H groups in total. The highest BCUT2D eigenvalue weighted by Gasteiger charge is 2.21. The van der Waals surface area contributed by atoms with Crippen LogP contribution in [0.3, 0.4) is 0 Å². The van der Waals surface area contributed by atoms with Crippen molar-refractivity contribution < 1.29 is 14.3 Å². The number of amides is 2. The molecule has 0 aliphatic carbocycles. The summed E-state index contributed by atoms with van der Waals surface area (Å²) in [5.74, 6) is 0.511. The van der Waals surface area contributed by atoms with Crippen LogP contribution in [0.5, 0.6) is 5.75 Å². The number of anilines is 3. The summed E-state index contributed by atoms with van der Waals surface area (Å²) in [7, 11) is 0. The van der Waals surface area contributed by atoms with Gasteiger partial charge in [-0.25, -0.2) is 0 Å². The Bertz CT molecular complexity index is 877. The summed E-state index contributed by atoms with van der Waals surface area (Å²) in [4.78, 5) is 28.4. The van der Waals surface area contributed by atoms with Gasteiger partial charge in [-0.05, 0) is 56.0 Å². The Morgan fingerprint density at radius 2 is 1.72 bits per heavy atom. The molecule has 29 heavy (non-hydrogen) atoms. The van der Waals surface area contributed by atoms with Crippen LogP contribution in [0.1, 0.15) is 32.1 Å². The Morgan fingerprint density at radius 1 is 0.931 bits per heavy atom. The molecule has 6 heteroatoms. The minimum Gasteiger partial charge on any atom is -0.484 e. The molecule has 2 amide bonds. The van der Waals surface area contributed by atoms with Gasteiger partial charge in [-0.15, -0.1) is 0 Å². The van der Waals surface area contributed by atoms with Gasteiger partial charge in [0.2, 0.25) is 5.91 Å². The maximum atomic E-state index is 12.4. The zero-order chi connectivity index (χ0) is 20.1. The summed E-state index contributed by atoms with van der Waals surface area (Å²) < 4.78 is 5.66. The lowest BCUT2D eigenvalue weighted by Gasteiger charge is -2.29. The molecule has 2 saturated heterocycles. The lowest BCUT2D eigenvalue weighted by atomic mass is 10.1. The third-order valence-electron chi connectivity index (χ3n) is 5.42. The molecule has 0 atom stereocenters. The monoisotopic (exact) mass is 393 g/mol. The zero-order valence-electron chi connectivity index (χ0n) is 16.6. The molecule has 0 radical (unpaired) electrons. The van der Waals surface area contributed by atoms with E-state index in [0.717, 1.165) is 43.1 Å². The van der Waals surface area contributed by atoms with Crippen LogP contribution in [-0.4, -0.2) is 38.1 Å². The first-order valence-electron chi connectivity index (χ1n) is 10.4. The first kappa shape index (κ1) is 19.3. The van der Waals surface area contributed by atoms with Crippen LogP contribution in [0.4, 0.5) is 17.1 Å². The molecule has 2 aliphatic rings. The number of nitrogens with zero attached hydrogens (tertiary/aromatic N) is 2. The maximum absolute atomic E-state index is 12.4. The van der Waals surface area contributed by atoms with Crippen LogP contribution in [-0.2, 0) is 9.59 Å². The lowest BCUT2D eigenvalue weighted by molar-refractivity contribution is -0.118. The van der Waals surface area contributed by atoms with E-state index in [1.165, 1.54) is 19.3 Å². The van der Waals surface area contributed by atoms with Gasteiger partial charge in [-0.1, -0.05) is 12.1 Å². The number of hydrogen-bond acceptors (Lipinski definition) is 4. The van der Waals surface area contributed by atoms with E-state index in [4.69, 9.17) is 4.74 Å². The average molecular weight is 393 g/mol. The van der Waals surface area contributed by atoms with Crippen molar-refractivity contribution in [2.75, 3.05) is 41.4 Å². The molecular formula is C23H27N3O3.